The van der Waals surface area contributed by atoms with E-state index in [4.69, 9.17) is 4.74 Å². The molecule has 2 aromatic rings. The summed E-state index contributed by atoms with van der Waals surface area (Å²) in [7, 11) is 0. The highest BCUT2D eigenvalue weighted by Crippen LogP contribution is 2.36. The molecule has 0 spiro atoms. The Kier molecular flexibility index (Phi) is 8.24. The quantitative estimate of drug-likeness (QED) is 0.455. The van der Waals surface area contributed by atoms with Crippen LogP contribution in [-0.4, -0.2) is 60.8 Å². The Morgan fingerprint density at radius 2 is 1.46 bits per heavy atom. The molecule has 0 aliphatic carbocycles. The molecule has 0 bridgehead atoms. The van der Waals surface area contributed by atoms with Crippen LogP contribution in [0.3, 0.4) is 0 Å². The average Bonchev–Trinajstić information content (AvgIpc) is 2.88. The fraction of sp³-hybridized carbons (Fsp3) is 0.481. The van der Waals surface area contributed by atoms with Crippen molar-refractivity contribution in [2.24, 2.45) is 5.41 Å². The van der Waals surface area contributed by atoms with Gasteiger partial charge in [-0.2, -0.15) is 0 Å². The van der Waals surface area contributed by atoms with Crippen molar-refractivity contribution >= 4 is 11.8 Å². The minimum Gasteiger partial charge on any atom is -0.493 e. The van der Waals surface area contributed by atoms with Crippen molar-refractivity contribution in [1.82, 2.24) is 9.80 Å². The number of halogens is 4. The van der Waals surface area contributed by atoms with Gasteiger partial charge in [0.25, 0.3) is 5.91 Å². The third-order valence-corrected chi connectivity index (χ3v) is 6.88. The second-order valence-electron chi connectivity index (χ2n) is 9.76. The maximum Gasteiger partial charge on any atom is 0.573 e. The molecular weight excluding hydrogens is 492 g/mol. The fourth-order valence-electron chi connectivity index (χ4n) is 5.02. The van der Waals surface area contributed by atoms with E-state index in [1.807, 2.05) is 4.90 Å². The predicted molar refractivity (Wildman–Crippen MR) is 128 cm³/mol. The largest absolute Gasteiger partial charge is 0.573 e. The minimum absolute atomic E-state index is 0.0188. The molecule has 2 fully saturated rings. The molecule has 1 atom stereocenters. The Labute approximate surface area is 213 Å². The minimum atomic E-state index is -4.82. The summed E-state index contributed by atoms with van der Waals surface area (Å²) in [5.74, 6) is -0.643. The van der Waals surface area contributed by atoms with E-state index in [1.54, 1.807) is 4.90 Å². The van der Waals surface area contributed by atoms with Gasteiger partial charge in [0.1, 0.15) is 17.3 Å². The topological polar surface area (TPSA) is 59.1 Å². The number of ether oxygens (including phenoxy) is 2. The first kappa shape index (κ1) is 26.8. The third-order valence-electron chi connectivity index (χ3n) is 6.88. The van der Waals surface area contributed by atoms with Crippen molar-refractivity contribution in [3.8, 4) is 11.5 Å². The lowest BCUT2D eigenvalue weighted by molar-refractivity contribution is -0.274. The zero-order valence-electron chi connectivity index (χ0n) is 20.4. The highest BCUT2D eigenvalue weighted by molar-refractivity contribution is 5.94. The first-order valence-electron chi connectivity index (χ1n) is 12.4. The van der Waals surface area contributed by atoms with Crippen LogP contribution in [0.15, 0.2) is 48.5 Å². The molecule has 0 unspecified atom stereocenters. The number of benzene rings is 2. The number of hydrogen-bond acceptors (Lipinski definition) is 4. The molecule has 0 aromatic heterocycles. The van der Waals surface area contributed by atoms with Gasteiger partial charge >= 0.3 is 6.36 Å². The Hall–Kier alpha value is -3.30. The fourth-order valence-corrected chi connectivity index (χ4v) is 5.02. The summed E-state index contributed by atoms with van der Waals surface area (Å²) in [5, 5.41) is 0. The number of alkyl halides is 3. The van der Waals surface area contributed by atoms with Gasteiger partial charge in [-0.05, 0) is 80.6 Å². The highest BCUT2D eigenvalue weighted by atomic mass is 19.4. The number of carbonyl (C=O) groups is 2. The number of carbonyl (C=O) groups excluding carboxylic acids is 2. The molecule has 4 rings (SSSR count). The SMILES string of the molecule is O=C(C[C@@]1(COc2ccc(F)cc2)CCCN(C(=O)c2ccc(OC(F)(F)F)cc2)C1)N1CCCCC1. The molecule has 2 aliphatic rings. The van der Waals surface area contributed by atoms with Gasteiger partial charge in [0.15, 0.2) is 0 Å². The van der Waals surface area contributed by atoms with Gasteiger partial charge in [-0.3, -0.25) is 9.59 Å². The van der Waals surface area contributed by atoms with Gasteiger partial charge < -0.3 is 19.3 Å². The van der Waals surface area contributed by atoms with Crippen molar-refractivity contribution in [3.63, 3.8) is 0 Å². The van der Waals surface area contributed by atoms with E-state index < -0.39 is 17.5 Å². The van der Waals surface area contributed by atoms with Crippen LogP contribution in [-0.2, 0) is 4.79 Å². The summed E-state index contributed by atoms with van der Waals surface area (Å²) in [5.41, 5.74) is -0.428. The maximum atomic E-state index is 13.3. The van der Waals surface area contributed by atoms with Gasteiger partial charge in [-0.15, -0.1) is 13.2 Å². The third kappa shape index (κ3) is 7.36. The van der Waals surface area contributed by atoms with E-state index in [0.717, 1.165) is 31.4 Å². The van der Waals surface area contributed by atoms with Crippen LogP contribution in [0.2, 0.25) is 0 Å². The van der Waals surface area contributed by atoms with Crippen LogP contribution in [0.1, 0.15) is 48.9 Å². The van der Waals surface area contributed by atoms with Gasteiger partial charge in [-0.25, -0.2) is 4.39 Å². The number of piperidine rings is 2. The summed E-state index contributed by atoms with van der Waals surface area (Å²) in [6.07, 6.45) is -0.290. The Morgan fingerprint density at radius 1 is 0.838 bits per heavy atom. The number of rotatable bonds is 7. The van der Waals surface area contributed by atoms with Crippen molar-refractivity contribution < 1.29 is 36.6 Å². The molecule has 2 aliphatic heterocycles. The molecule has 2 aromatic carbocycles. The van der Waals surface area contributed by atoms with Crippen LogP contribution in [0, 0.1) is 11.2 Å². The lowest BCUT2D eigenvalue weighted by Gasteiger charge is -2.43. The molecule has 37 heavy (non-hydrogen) atoms. The van der Waals surface area contributed by atoms with Crippen LogP contribution in [0.25, 0.3) is 0 Å². The van der Waals surface area contributed by atoms with E-state index in [9.17, 15) is 27.2 Å². The number of amides is 2. The highest BCUT2D eigenvalue weighted by Gasteiger charge is 2.41. The zero-order valence-corrected chi connectivity index (χ0v) is 20.4. The second-order valence-corrected chi connectivity index (χ2v) is 9.76. The molecular formula is C27H30F4N2O4. The Bertz CT molecular complexity index is 1070. The smallest absolute Gasteiger partial charge is 0.493 e. The molecule has 0 radical (unpaired) electrons. The maximum absolute atomic E-state index is 13.3. The normalized spacial score (nSPS) is 20.4. The number of likely N-dealkylation sites (tertiary alicyclic amines) is 2. The summed E-state index contributed by atoms with van der Waals surface area (Å²) in [6.45, 7) is 2.30. The van der Waals surface area contributed by atoms with Crippen molar-refractivity contribution in [1.29, 1.82) is 0 Å². The first-order chi connectivity index (χ1) is 17.6. The molecule has 6 nitrogen and oxygen atoms in total. The molecule has 200 valence electrons. The molecule has 2 saturated heterocycles. The molecule has 10 heteroatoms. The van der Waals surface area contributed by atoms with E-state index in [-0.39, 0.29) is 42.8 Å². The van der Waals surface area contributed by atoms with E-state index >= 15 is 0 Å². The monoisotopic (exact) mass is 522 g/mol. The predicted octanol–water partition coefficient (Wildman–Crippen LogP) is 5.43. The number of hydrogen-bond donors (Lipinski definition) is 0. The summed E-state index contributed by atoms with van der Waals surface area (Å²) in [4.78, 5) is 30.0. The van der Waals surface area contributed by atoms with Crippen LogP contribution in [0.5, 0.6) is 11.5 Å². The second kappa shape index (κ2) is 11.4. The van der Waals surface area contributed by atoms with Gasteiger partial charge in [-0.1, -0.05) is 0 Å². The molecule has 2 amide bonds. The Balaban J connectivity index is 1.50. The standard InChI is InChI=1S/C27H30F4N2O4/c28-21-7-11-22(12-8-21)36-19-26(17-24(34)32-14-2-1-3-15-32)13-4-16-33(18-26)25(35)20-5-9-23(10-6-20)37-27(29,30)31/h5-12H,1-4,13-19H2/t26-/m0/s1. The summed E-state index contributed by atoms with van der Waals surface area (Å²) < 4.78 is 60.6. The van der Waals surface area contributed by atoms with Crippen molar-refractivity contribution in [3.05, 3.63) is 59.9 Å². The van der Waals surface area contributed by atoms with Crippen molar-refractivity contribution in [2.75, 3.05) is 32.8 Å². The molecule has 0 saturated carbocycles. The number of nitrogens with zero attached hydrogens (tertiary/aromatic N) is 2. The lowest BCUT2D eigenvalue weighted by Crippen LogP contribution is -2.51. The lowest BCUT2D eigenvalue weighted by atomic mass is 9.77. The average molecular weight is 523 g/mol. The van der Waals surface area contributed by atoms with E-state index in [1.165, 1.54) is 36.4 Å². The first-order valence-corrected chi connectivity index (χ1v) is 12.4. The zero-order chi connectivity index (χ0) is 26.5. The van der Waals surface area contributed by atoms with Crippen LogP contribution in [0.4, 0.5) is 17.6 Å². The van der Waals surface area contributed by atoms with E-state index in [2.05, 4.69) is 4.74 Å². The van der Waals surface area contributed by atoms with E-state index in [0.29, 0.717) is 38.2 Å². The van der Waals surface area contributed by atoms with Gasteiger partial charge in [0, 0.05) is 43.6 Å². The van der Waals surface area contributed by atoms with Gasteiger partial charge in [0.05, 0.1) is 6.61 Å². The van der Waals surface area contributed by atoms with Crippen molar-refractivity contribution in [2.45, 2.75) is 44.9 Å². The summed E-state index contributed by atoms with van der Waals surface area (Å²) in [6, 6.07) is 10.4. The molecule has 2 heterocycles. The Morgan fingerprint density at radius 3 is 2.11 bits per heavy atom. The molecule has 0 N–H and O–H groups in total. The van der Waals surface area contributed by atoms with Crippen LogP contribution < -0.4 is 9.47 Å². The summed E-state index contributed by atoms with van der Waals surface area (Å²) >= 11 is 0. The van der Waals surface area contributed by atoms with Crippen LogP contribution >= 0.6 is 0 Å². The van der Waals surface area contributed by atoms with Gasteiger partial charge in [0.2, 0.25) is 5.91 Å².